The second kappa shape index (κ2) is 7.55. The van der Waals surface area contributed by atoms with E-state index >= 15 is 0 Å². The topological polar surface area (TPSA) is 98.9 Å². The number of allylic oxidation sites excluding steroid dienone is 2. The molecule has 27 heavy (non-hydrogen) atoms. The average Bonchev–Trinajstić information content (AvgIpc) is 2.56. The van der Waals surface area contributed by atoms with E-state index in [4.69, 9.17) is 15.2 Å². The lowest BCUT2D eigenvalue weighted by atomic mass is 9.98. The predicted octanol–water partition coefficient (Wildman–Crippen LogP) is 1.69. The van der Waals surface area contributed by atoms with Crippen molar-refractivity contribution in [3.63, 3.8) is 0 Å². The molecule has 0 aromatic rings. The number of thioether (sulfide) groups is 1. The van der Waals surface area contributed by atoms with E-state index in [1.807, 2.05) is 0 Å². The highest BCUT2D eigenvalue weighted by Gasteiger charge is 2.52. The van der Waals surface area contributed by atoms with Crippen LogP contribution in [-0.2, 0) is 23.9 Å². The molecule has 2 aliphatic rings. The van der Waals surface area contributed by atoms with Crippen LogP contribution in [0, 0.1) is 5.41 Å². The van der Waals surface area contributed by atoms with Gasteiger partial charge >= 0.3 is 18.1 Å². The Balaban J connectivity index is 2.19. The lowest BCUT2D eigenvalue weighted by Gasteiger charge is -2.48. The summed E-state index contributed by atoms with van der Waals surface area (Å²) < 4.78 is 47.1. The molecule has 0 aromatic heterocycles. The molecule has 1 fully saturated rings. The number of carbonyl (C=O) groups is 3. The van der Waals surface area contributed by atoms with E-state index in [1.54, 1.807) is 20.8 Å². The minimum atomic E-state index is -4.58. The Kier molecular flexibility index (Phi) is 5.95. The maximum Gasteiger partial charge on any atom is 0.409 e. The SMILES string of the molecule is CC(C)(C)C(=O)OCOC(=O)C1=C(/C=C/C(F)(F)F)CS[C@@H]2C(N)C(=O)N12. The van der Waals surface area contributed by atoms with Crippen molar-refractivity contribution in [1.82, 2.24) is 4.90 Å². The first-order chi connectivity index (χ1) is 12.3. The molecule has 2 heterocycles. The number of fused-ring (bicyclic) bond motifs is 1. The van der Waals surface area contributed by atoms with Gasteiger partial charge in [-0.2, -0.15) is 13.2 Å². The van der Waals surface area contributed by atoms with Crippen molar-refractivity contribution in [3.8, 4) is 0 Å². The quantitative estimate of drug-likeness (QED) is 0.429. The van der Waals surface area contributed by atoms with Crippen LogP contribution in [0.5, 0.6) is 0 Å². The number of halogens is 3. The van der Waals surface area contributed by atoms with Crippen molar-refractivity contribution in [2.45, 2.75) is 38.4 Å². The molecule has 150 valence electrons. The highest BCUT2D eigenvalue weighted by atomic mass is 32.2. The molecule has 2 rings (SSSR count). The van der Waals surface area contributed by atoms with Gasteiger partial charge in [-0.25, -0.2) is 4.79 Å². The number of amides is 1. The van der Waals surface area contributed by atoms with Crippen molar-refractivity contribution in [1.29, 1.82) is 0 Å². The third-order valence-corrected chi connectivity index (χ3v) is 5.02. The largest absolute Gasteiger partial charge is 0.427 e. The van der Waals surface area contributed by atoms with Crippen LogP contribution in [0.2, 0.25) is 0 Å². The first-order valence-corrected chi connectivity index (χ1v) is 8.91. The van der Waals surface area contributed by atoms with Crippen LogP contribution >= 0.6 is 11.8 Å². The van der Waals surface area contributed by atoms with Crippen LogP contribution in [0.25, 0.3) is 0 Å². The molecule has 0 aromatic carbocycles. The van der Waals surface area contributed by atoms with Gasteiger partial charge in [-0.15, -0.1) is 11.8 Å². The number of nitrogens with zero attached hydrogens (tertiary/aromatic N) is 1. The van der Waals surface area contributed by atoms with Crippen LogP contribution in [0.3, 0.4) is 0 Å². The average molecular weight is 408 g/mol. The summed E-state index contributed by atoms with van der Waals surface area (Å²) in [5, 5.41) is -0.555. The van der Waals surface area contributed by atoms with Crippen LogP contribution < -0.4 is 5.73 Å². The fourth-order valence-electron chi connectivity index (χ4n) is 2.27. The molecule has 2 N–H and O–H groups in total. The van der Waals surface area contributed by atoms with Crippen molar-refractivity contribution >= 4 is 29.6 Å². The van der Waals surface area contributed by atoms with E-state index in [2.05, 4.69) is 0 Å². The zero-order chi connectivity index (χ0) is 20.6. The van der Waals surface area contributed by atoms with E-state index in [9.17, 15) is 27.6 Å². The van der Waals surface area contributed by atoms with Gasteiger partial charge in [0.25, 0.3) is 0 Å². The monoisotopic (exact) mass is 408 g/mol. The summed E-state index contributed by atoms with van der Waals surface area (Å²) in [6.07, 6.45) is -3.89. The Morgan fingerprint density at radius 1 is 1.30 bits per heavy atom. The first kappa shape index (κ1) is 21.3. The number of carbonyl (C=O) groups excluding carboxylic acids is 3. The van der Waals surface area contributed by atoms with Gasteiger partial charge < -0.3 is 15.2 Å². The lowest BCUT2D eigenvalue weighted by molar-refractivity contribution is -0.173. The van der Waals surface area contributed by atoms with Gasteiger partial charge in [0, 0.05) is 11.8 Å². The number of esters is 2. The third kappa shape index (κ3) is 4.83. The normalized spacial score (nSPS) is 23.2. The van der Waals surface area contributed by atoms with E-state index in [-0.39, 0.29) is 23.1 Å². The molecule has 0 bridgehead atoms. The maximum absolute atomic E-state index is 12.5. The standard InChI is InChI=1S/C16H19F3N2O5S/c1-15(2,3)14(24)26-7-25-13(23)10-8(4-5-16(17,18)19)6-27-12-9(20)11(22)21(10)12/h4-5,9,12H,6-7,20H2,1-3H3/b5-4+/t9?,12-/m1/s1. The van der Waals surface area contributed by atoms with Crippen molar-refractivity contribution in [2.24, 2.45) is 11.1 Å². The van der Waals surface area contributed by atoms with E-state index in [0.717, 1.165) is 22.7 Å². The summed E-state index contributed by atoms with van der Waals surface area (Å²) in [5.74, 6) is -2.24. The smallest absolute Gasteiger partial charge is 0.409 e. The Hall–Kier alpha value is -2.01. The molecular formula is C16H19F3N2O5S. The summed E-state index contributed by atoms with van der Waals surface area (Å²) in [6, 6.07) is -0.843. The molecule has 0 saturated carbocycles. The van der Waals surface area contributed by atoms with Crippen LogP contribution in [0.15, 0.2) is 23.4 Å². The van der Waals surface area contributed by atoms with Gasteiger partial charge in [0.2, 0.25) is 12.7 Å². The summed E-state index contributed by atoms with van der Waals surface area (Å²) >= 11 is 1.15. The molecular weight excluding hydrogens is 389 g/mol. The van der Waals surface area contributed by atoms with Crippen LogP contribution in [-0.4, -0.2) is 52.9 Å². The summed E-state index contributed by atoms with van der Waals surface area (Å²) in [4.78, 5) is 37.1. The second-order valence-electron chi connectivity index (χ2n) is 6.92. The molecule has 0 aliphatic carbocycles. The fourth-order valence-corrected chi connectivity index (χ4v) is 3.54. The molecule has 1 saturated heterocycles. The Labute approximate surface area is 157 Å². The van der Waals surface area contributed by atoms with E-state index in [1.165, 1.54) is 0 Å². The highest BCUT2D eigenvalue weighted by Crippen LogP contribution is 2.40. The van der Waals surface area contributed by atoms with Gasteiger partial charge in [0.15, 0.2) is 0 Å². The minimum Gasteiger partial charge on any atom is -0.427 e. The minimum absolute atomic E-state index is 0.0269. The first-order valence-electron chi connectivity index (χ1n) is 7.86. The molecule has 1 unspecified atom stereocenters. The van der Waals surface area contributed by atoms with Gasteiger partial charge in [-0.05, 0) is 26.3 Å². The third-order valence-electron chi connectivity index (χ3n) is 3.70. The maximum atomic E-state index is 12.5. The van der Waals surface area contributed by atoms with Gasteiger partial charge in [-0.1, -0.05) is 6.08 Å². The summed E-state index contributed by atoms with van der Waals surface area (Å²) in [6.45, 7) is 4.08. The Bertz CT molecular complexity index is 712. The summed E-state index contributed by atoms with van der Waals surface area (Å²) in [5.41, 5.74) is 4.49. The van der Waals surface area contributed by atoms with Crippen LogP contribution in [0.1, 0.15) is 20.8 Å². The van der Waals surface area contributed by atoms with Crippen molar-refractivity contribution in [3.05, 3.63) is 23.4 Å². The number of hydrogen-bond donors (Lipinski definition) is 1. The molecule has 2 aliphatic heterocycles. The number of nitrogens with two attached hydrogens (primary N) is 1. The molecule has 0 radical (unpaired) electrons. The summed E-state index contributed by atoms with van der Waals surface area (Å²) in [7, 11) is 0. The molecule has 2 atom stereocenters. The fraction of sp³-hybridized carbons (Fsp3) is 0.562. The zero-order valence-corrected chi connectivity index (χ0v) is 15.6. The molecule has 0 spiro atoms. The van der Waals surface area contributed by atoms with Gasteiger partial charge in [0.1, 0.15) is 17.1 Å². The Morgan fingerprint density at radius 2 is 1.93 bits per heavy atom. The Morgan fingerprint density at radius 3 is 2.48 bits per heavy atom. The van der Waals surface area contributed by atoms with E-state index in [0.29, 0.717) is 0 Å². The number of alkyl halides is 3. The molecule has 11 heteroatoms. The zero-order valence-electron chi connectivity index (χ0n) is 14.8. The van der Waals surface area contributed by atoms with E-state index < -0.39 is 47.6 Å². The lowest BCUT2D eigenvalue weighted by Crippen LogP contribution is -2.68. The number of ether oxygens (including phenoxy) is 2. The highest BCUT2D eigenvalue weighted by molar-refractivity contribution is 8.00. The number of hydrogen-bond acceptors (Lipinski definition) is 7. The molecule has 7 nitrogen and oxygen atoms in total. The number of β-lactam (4-membered cyclic amide) rings is 1. The van der Waals surface area contributed by atoms with Gasteiger partial charge in [0.05, 0.1) is 5.41 Å². The molecule has 1 amide bonds. The predicted molar refractivity (Wildman–Crippen MR) is 89.8 cm³/mol. The second-order valence-corrected chi connectivity index (χ2v) is 8.02. The van der Waals surface area contributed by atoms with Gasteiger partial charge in [-0.3, -0.25) is 14.5 Å². The van der Waals surface area contributed by atoms with Crippen molar-refractivity contribution in [2.75, 3.05) is 12.5 Å². The van der Waals surface area contributed by atoms with Crippen molar-refractivity contribution < 1.29 is 37.0 Å². The number of rotatable bonds is 4. The van der Waals surface area contributed by atoms with Crippen LogP contribution in [0.4, 0.5) is 13.2 Å².